The Bertz CT molecular complexity index is 1290. The molecule has 4 rings (SSSR count). The Kier molecular flexibility index (Phi) is 7.43. The Balaban J connectivity index is 1.52. The van der Waals surface area contributed by atoms with E-state index in [1.807, 2.05) is 68.4 Å². The van der Waals surface area contributed by atoms with Gasteiger partial charge in [0, 0.05) is 31.2 Å². The minimum Gasteiger partial charge on any atom is -0.457 e. The molecule has 1 saturated heterocycles. The molecule has 0 saturated carbocycles. The first-order valence-electron chi connectivity index (χ1n) is 12.0. The first-order valence-corrected chi connectivity index (χ1v) is 12.0. The predicted molar refractivity (Wildman–Crippen MR) is 135 cm³/mol. The van der Waals surface area contributed by atoms with Crippen molar-refractivity contribution in [2.45, 2.75) is 40.3 Å². The van der Waals surface area contributed by atoms with Crippen LogP contribution in [0.15, 0.2) is 54.6 Å². The minimum absolute atomic E-state index is 0.0314. The van der Waals surface area contributed by atoms with Crippen LogP contribution in [0.5, 0.6) is 0 Å². The maximum atomic E-state index is 13.6. The third-order valence-electron chi connectivity index (χ3n) is 6.37. The van der Waals surface area contributed by atoms with E-state index in [0.717, 1.165) is 11.1 Å². The molecule has 8 heteroatoms. The van der Waals surface area contributed by atoms with E-state index in [1.165, 1.54) is 0 Å². The van der Waals surface area contributed by atoms with Crippen molar-refractivity contribution in [3.05, 3.63) is 94.1 Å². The molecule has 0 spiro atoms. The number of hydrogen-bond donors (Lipinski definition) is 0. The molecule has 1 aliphatic heterocycles. The summed E-state index contributed by atoms with van der Waals surface area (Å²) in [6, 6.07) is 16.6. The number of rotatable bonds is 5. The molecule has 2 amide bonds. The van der Waals surface area contributed by atoms with E-state index < -0.39 is 5.97 Å². The molecule has 3 aromatic rings. The summed E-state index contributed by atoms with van der Waals surface area (Å²) in [4.78, 5) is 51.8. The van der Waals surface area contributed by atoms with Gasteiger partial charge in [0.1, 0.15) is 23.7 Å². The number of amides is 2. The molecule has 2 heterocycles. The van der Waals surface area contributed by atoms with E-state index >= 15 is 0 Å². The van der Waals surface area contributed by atoms with Gasteiger partial charge >= 0.3 is 5.97 Å². The molecule has 1 aromatic heterocycles. The highest BCUT2D eigenvalue weighted by molar-refractivity contribution is 6.04. The molecule has 1 aliphatic rings. The monoisotopic (exact) mass is 486 g/mol. The Morgan fingerprint density at radius 1 is 0.917 bits per heavy atom. The molecular formula is C28H30N4O4. The average molecular weight is 487 g/mol. The normalized spacial score (nSPS) is 15.5. The molecule has 1 unspecified atom stereocenters. The predicted octanol–water partition coefficient (Wildman–Crippen LogP) is 3.75. The second-order valence-corrected chi connectivity index (χ2v) is 9.06. The number of carbonyl (C=O) groups excluding carboxylic acids is 3. The van der Waals surface area contributed by atoms with E-state index in [2.05, 4.69) is 9.97 Å². The third kappa shape index (κ3) is 5.27. The second kappa shape index (κ2) is 10.7. The molecule has 1 fully saturated rings. The van der Waals surface area contributed by atoms with Gasteiger partial charge in [0.25, 0.3) is 11.8 Å². The number of carbonyl (C=O) groups is 3. The van der Waals surface area contributed by atoms with Gasteiger partial charge in [-0.2, -0.15) is 0 Å². The zero-order chi connectivity index (χ0) is 25.8. The lowest BCUT2D eigenvalue weighted by Crippen LogP contribution is -2.55. The van der Waals surface area contributed by atoms with Crippen molar-refractivity contribution in [3.63, 3.8) is 0 Å². The van der Waals surface area contributed by atoms with Crippen molar-refractivity contribution in [1.82, 2.24) is 19.8 Å². The number of aryl methyl sites for hydroxylation is 3. The molecule has 0 radical (unpaired) electrons. The zero-order valence-electron chi connectivity index (χ0n) is 21.0. The van der Waals surface area contributed by atoms with Crippen LogP contribution in [0.1, 0.15) is 60.8 Å². The highest BCUT2D eigenvalue weighted by Gasteiger charge is 2.34. The summed E-state index contributed by atoms with van der Waals surface area (Å²) in [5, 5.41) is 0. The van der Waals surface area contributed by atoms with Gasteiger partial charge in [-0.3, -0.25) is 9.59 Å². The number of aromatic nitrogens is 2. The standard InChI is InChI=1S/C28H30N4O4/c1-18-10-8-9-13-23(18)26(33)32-15-14-31(16-19(32)2)27(34)25-24(20(3)29-21(4)30-25)28(35)36-17-22-11-6-5-7-12-22/h5-13,19H,14-17H2,1-4H3. The molecule has 0 aliphatic carbocycles. The summed E-state index contributed by atoms with van der Waals surface area (Å²) < 4.78 is 5.50. The quantitative estimate of drug-likeness (QED) is 0.510. The third-order valence-corrected chi connectivity index (χ3v) is 6.37. The minimum atomic E-state index is -0.638. The van der Waals surface area contributed by atoms with Crippen LogP contribution in [0.3, 0.4) is 0 Å². The highest BCUT2D eigenvalue weighted by Crippen LogP contribution is 2.21. The van der Waals surface area contributed by atoms with Crippen molar-refractivity contribution >= 4 is 17.8 Å². The zero-order valence-corrected chi connectivity index (χ0v) is 21.0. The van der Waals surface area contributed by atoms with Crippen LogP contribution in [0, 0.1) is 20.8 Å². The lowest BCUT2D eigenvalue weighted by Gasteiger charge is -2.40. The van der Waals surface area contributed by atoms with E-state index in [0.29, 0.717) is 36.7 Å². The molecule has 8 nitrogen and oxygen atoms in total. The van der Waals surface area contributed by atoms with E-state index in [1.54, 1.807) is 23.6 Å². The van der Waals surface area contributed by atoms with Gasteiger partial charge in [-0.05, 0) is 44.9 Å². The Labute approximate surface area is 210 Å². The van der Waals surface area contributed by atoms with Crippen LogP contribution >= 0.6 is 0 Å². The van der Waals surface area contributed by atoms with Crippen LogP contribution in [0.4, 0.5) is 0 Å². The smallest absolute Gasteiger partial charge is 0.342 e. The maximum Gasteiger partial charge on any atom is 0.342 e. The maximum absolute atomic E-state index is 13.6. The van der Waals surface area contributed by atoms with E-state index in [4.69, 9.17) is 4.74 Å². The van der Waals surface area contributed by atoms with Crippen molar-refractivity contribution in [3.8, 4) is 0 Å². The molecule has 0 bridgehead atoms. The topological polar surface area (TPSA) is 92.7 Å². The highest BCUT2D eigenvalue weighted by atomic mass is 16.5. The van der Waals surface area contributed by atoms with Crippen LogP contribution in [0.25, 0.3) is 0 Å². The summed E-state index contributed by atoms with van der Waals surface area (Å²) in [5.74, 6) is -0.658. The first-order chi connectivity index (χ1) is 17.3. The van der Waals surface area contributed by atoms with Gasteiger partial charge in [0.05, 0.1) is 5.69 Å². The molecule has 186 valence electrons. The lowest BCUT2D eigenvalue weighted by molar-refractivity contribution is 0.0401. The van der Waals surface area contributed by atoms with Gasteiger partial charge in [-0.1, -0.05) is 48.5 Å². The van der Waals surface area contributed by atoms with Crippen LogP contribution in [0.2, 0.25) is 0 Å². The van der Waals surface area contributed by atoms with Crippen LogP contribution < -0.4 is 0 Å². The Morgan fingerprint density at radius 3 is 2.31 bits per heavy atom. The van der Waals surface area contributed by atoms with Crippen molar-refractivity contribution in [2.75, 3.05) is 19.6 Å². The van der Waals surface area contributed by atoms with E-state index in [-0.39, 0.29) is 35.7 Å². The van der Waals surface area contributed by atoms with Crippen molar-refractivity contribution in [1.29, 1.82) is 0 Å². The summed E-state index contributed by atoms with van der Waals surface area (Å²) in [6.07, 6.45) is 0. The molecule has 1 atom stereocenters. The average Bonchev–Trinajstić information content (AvgIpc) is 2.87. The summed E-state index contributed by atoms with van der Waals surface area (Å²) >= 11 is 0. The summed E-state index contributed by atoms with van der Waals surface area (Å²) in [5.41, 5.74) is 2.92. The number of benzene rings is 2. The Hall–Kier alpha value is -4.07. The van der Waals surface area contributed by atoms with Crippen LogP contribution in [-0.4, -0.2) is 63.2 Å². The molecule has 36 heavy (non-hydrogen) atoms. The number of ether oxygens (including phenoxy) is 1. The number of hydrogen-bond acceptors (Lipinski definition) is 6. The number of esters is 1. The van der Waals surface area contributed by atoms with E-state index in [9.17, 15) is 14.4 Å². The number of piperazine rings is 1. The first kappa shape index (κ1) is 25.0. The molecule has 0 N–H and O–H groups in total. The fraction of sp³-hybridized carbons (Fsp3) is 0.321. The second-order valence-electron chi connectivity index (χ2n) is 9.06. The van der Waals surface area contributed by atoms with Crippen molar-refractivity contribution < 1.29 is 19.1 Å². The SMILES string of the molecule is Cc1nc(C)c(C(=O)OCc2ccccc2)c(C(=O)N2CCN(C(=O)c3ccccc3C)C(C)C2)n1. The van der Waals surface area contributed by atoms with Gasteiger partial charge in [0.2, 0.25) is 0 Å². The fourth-order valence-electron chi connectivity index (χ4n) is 4.47. The van der Waals surface area contributed by atoms with Crippen LogP contribution in [-0.2, 0) is 11.3 Å². The fourth-order valence-corrected chi connectivity index (χ4v) is 4.47. The van der Waals surface area contributed by atoms with Gasteiger partial charge in [-0.15, -0.1) is 0 Å². The summed E-state index contributed by atoms with van der Waals surface area (Å²) in [6.45, 7) is 8.32. The van der Waals surface area contributed by atoms with Gasteiger partial charge in [0.15, 0.2) is 0 Å². The molecule has 2 aromatic carbocycles. The summed E-state index contributed by atoms with van der Waals surface area (Å²) in [7, 11) is 0. The largest absolute Gasteiger partial charge is 0.457 e. The van der Waals surface area contributed by atoms with Gasteiger partial charge in [-0.25, -0.2) is 14.8 Å². The Morgan fingerprint density at radius 2 is 1.61 bits per heavy atom. The number of nitrogens with zero attached hydrogens (tertiary/aromatic N) is 4. The molecular weight excluding hydrogens is 456 g/mol. The van der Waals surface area contributed by atoms with Gasteiger partial charge < -0.3 is 14.5 Å². The van der Waals surface area contributed by atoms with Crippen molar-refractivity contribution in [2.24, 2.45) is 0 Å². The lowest BCUT2D eigenvalue weighted by atomic mass is 10.0.